The monoisotopic (exact) mass is 321 g/mol. The van der Waals surface area contributed by atoms with E-state index in [1.165, 1.54) is 6.92 Å². The lowest BCUT2D eigenvalue weighted by molar-refractivity contribution is -0.118. The first-order valence-electron chi connectivity index (χ1n) is 8.03. The number of carbonyl (C=O) groups excluding carboxylic acids is 2. The van der Waals surface area contributed by atoms with Crippen molar-refractivity contribution in [3.63, 3.8) is 0 Å². The Bertz CT molecular complexity index is 532. The average Bonchev–Trinajstić information content (AvgIpc) is 2.52. The van der Waals surface area contributed by atoms with Gasteiger partial charge in [-0.25, -0.2) is 0 Å². The largest absolute Gasteiger partial charge is 0.492 e. The van der Waals surface area contributed by atoms with Gasteiger partial charge >= 0.3 is 0 Å². The maximum Gasteiger partial charge on any atom is 0.216 e. The summed E-state index contributed by atoms with van der Waals surface area (Å²) in [4.78, 5) is 23.3. The van der Waals surface area contributed by atoms with Crippen molar-refractivity contribution in [2.24, 2.45) is 0 Å². The third-order valence-electron chi connectivity index (χ3n) is 3.44. The number of carbonyl (C=O) groups is 2. The molecule has 1 rings (SSSR count). The molecule has 1 aromatic carbocycles. The van der Waals surface area contributed by atoms with E-state index in [-0.39, 0.29) is 17.7 Å². The molecule has 23 heavy (non-hydrogen) atoms. The fourth-order valence-corrected chi connectivity index (χ4v) is 2.24. The Morgan fingerprint density at radius 3 is 2.57 bits per heavy atom. The van der Waals surface area contributed by atoms with E-state index >= 15 is 0 Å². The lowest BCUT2D eigenvalue weighted by Crippen LogP contribution is -2.38. The van der Waals surface area contributed by atoms with Crippen LogP contribution in [0.2, 0.25) is 0 Å². The fourth-order valence-electron chi connectivity index (χ4n) is 2.24. The minimum atomic E-state index is -0.260. The lowest BCUT2D eigenvalue weighted by atomic mass is 10.0. The van der Waals surface area contributed by atoms with Gasteiger partial charge in [-0.3, -0.25) is 9.59 Å². The van der Waals surface area contributed by atoms with Gasteiger partial charge in [0, 0.05) is 19.0 Å². The fraction of sp³-hybridized carbons (Fsp3) is 0.529. The molecule has 0 aliphatic carbocycles. The first-order chi connectivity index (χ1) is 11.0. The molecule has 6 nitrogen and oxygen atoms in total. The van der Waals surface area contributed by atoms with Crippen molar-refractivity contribution in [2.45, 2.75) is 39.7 Å². The molecule has 0 bridgehead atoms. The Morgan fingerprint density at radius 2 is 2.00 bits per heavy atom. The molecule has 0 saturated carbocycles. The number of anilines is 1. The minimum Gasteiger partial charge on any atom is -0.492 e. The van der Waals surface area contributed by atoms with Gasteiger partial charge in [0.1, 0.15) is 5.75 Å². The molecule has 1 aromatic rings. The standard InChI is InChI=1S/C17H27N3O3/c1-4-15(20-10-6-9-19-12(3)21)17(22)13-7-8-16(23-5-2)14(18)11-13/h7-8,11,15,20H,4-6,9-10,18H2,1-3H3,(H,19,21). The summed E-state index contributed by atoms with van der Waals surface area (Å²) in [5.74, 6) is 0.570. The van der Waals surface area contributed by atoms with Crippen LogP contribution in [0, 0.1) is 0 Å². The van der Waals surface area contributed by atoms with E-state index in [0.29, 0.717) is 43.1 Å². The zero-order valence-electron chi connectivity index (χ0n) is 14.1. The number of nitrogen functional groups attached to an aromatic ring is 1. The second kappa shape index (κ2) is 9.84. The molecule has 6 heteroatoms. The van der Waals surface area contributed by atoms with Gasteiger partial charge in [0.25, 0.3) is 0 Å². The van der Waals surface area contributed by atoms with Gasteiger partial charge in [0.2, 0.25) is 5.91 Å². The smallest absolute Gasteiger partial charge is 0.216 e. The van der Waals surface area contributed by atoms with Crippen molar-refractivity contribution in [3.8, 4) is 5.75 Å². The second-order valence-corrected chi connectivity index (χ2v) is 5.30. The van der Waals surface area contributed by atoms with Gasteiger partial charge in [-0.1, -0.05) is 6.92 Å². The second-order valence-electron chi connectivity index (χ2n) is 5.30. The van der Waals surface area contributed by atoms with Crippen LogP contribution >= 0.6 is 0 Å². The van der Waals surface area contributed by atoms with E-state index in [0.717, 1.165) is 6.42 Å². The van der Waals surface area contributed by atoms with Crippen LogP contribution in [0.1, 0.15) is 44.0 Å². The van der Waals surface area contributed by atoms with E-state index in [4.69, 9.17) is 10.5 Å². The SMILES string of the molecule is CCOc1ccc(C(=O)C(CC)NCCCNC(C)=O)cc1N. The normalized spacial score (nSPS) is 11.8. The molecule has 4 N–H and O–H groups in total. The predicted octanol–water partition coefficient (Wildman–Crippen LogP) is 1.74. The molecule has 0 aliphatic heterocycles. The summed E-state index contributed by atoms with van der Waals surface area (Å²) in [7, 11) is 0. The van der Waals surface area contributed by atoms with Gasteiger partial charge in [-0.15, -0.1) is 0 Å². The summed E-state index contributed by atoms with van der Waals surface area (Å²) in [6, 6.07) is 4.88. The Morgan fingerprint density at radius 1 is 1.26 bits per heavy atom. The number of benzene rings is 1. The van der Waals surface area contributed by atoms with Gasteiger partial charge in [-0.2, -0.15) is 0 Å². The molecule has 0 radical (unpaired) electrons. The lowest BCUT2D eigenvalue weighted by Gasteiger charge is -2.17. The Hall–Kier alpha value is -2.08. The number of ketones is 1. The highest BCUT2D eigenvalue weighted by Gasteiger charge is 2.18. The molecular formula is C17H27N3O3. The molecule has 1 atom stereocenters. The van der Waals surface area contributed by atoms with Crippen molar-refractivity contribution in [1.29, 1.82) is 0 Å². The number of hydrogen-bond donors (Lipinski definition) is 3. The zero-order chi connectivity index (χ0) is 17.2. The van der Waals surface area contributed by atoms with E-state index in [9.17, 15) is 9.59 Å². The van der Waals surface area contributed by atoms with Crippen molar-refractivity contribution in [3.05, 3.63) is 23.8 Å². The number of Topliss-reactive ketones (excluding diaryl/α,β-unsaturated/α-hetero) is 1. The van der Waals surface area contributed by atoms with Gasteiger partial charge < -0.3 is 21.1 Å². The Labute approximate surface area is 137 Å². The van der Waals surface area contributed by atoms with Crippen LogP contribution in [0.3, 0.4) is 0 Å². The molecule has 0 aromatic heterocycles. The van der Waals surface area contributed by atoms with Crippen LogP contribution in [0.5, 0.6) is 5.75 Å². The highest BCUT2D eigenvalue weighted by molar-refractivity contribution is 6.01. The number of nitrogens with two attached hydrogens (primary N) is 1. The third kappa shape index (κ3) is 6.28. The van der Waals surface area contributed by atoms with Crippen molar-refractivity contribution < 1.29 is 14.3 Å². The molecule has 0 spiro atoms. The molecule has 1 unspecified atom stereocenters. The summed E-state index contributed by atoms with van der Waals surface area (Å²) in [5, 5.41) is 5.96. The number of ether oxygens (including phenoxy) is 1. The molecule has 0 saturated heterocycles. The van der Waals surface area contributed by atoms with Crippen LogP contribution in [-0.4, -0.2) is 37.4 Å². The number of hydrogen-bond acceptors (Lipinski definition) is 5. The maximum atomic E-state index is 12.5. The topological polar surface area (TPSA) is 93.5 Å². The van der Waals surface area contributed by atoms with Gasteiger partial charge in [-0.05, 0) is 44.5 Å². The van der Waals surface area contributed by atoms with Gasteiger partial charge in [0.05, 0.1) is 18.3 Å². The predicted molar refractivity (Wildman–Crippen MR) is 91.7 cm³/mol. The quantitative estimate of drug-likeness (QED) is 0.347. The summed E-state index contributed by atoms with van der Waals surface area (Å²) in [6.07, 6.45) is 1.46. The third-order valence-corrected chi connectivity index (χ3v) is 3.44. The summed E-state index contributed by atoms with van der Waals surface area (Å²) < 4.78 is 5.38. The van der Waals surface area contributed by atoms with Gasteiger partial charge in [0.15, 0.2) is 5.78 Å². The van der Waals surface area contributed by atoms with E-state index in [2.05, 4.69) is 10.6 Å². The average molecular weight is 321 g/mol. The molecule has 1 amide bonds. The van der Waals surface area contributed by atoms with Crippen molar-refractivity contribution >= 4 is 17.4 Å². The number of rotatable bonds is 10. The van der Waals surface area contributed by atoms with E-state index in [1.54, 1.807) is 18.2 Å². The summed E-state index contributed by atoms with van der Waals surface area (Å²) in [5.41, 5.74) is 6.96. The Balaban J connectivity index is 2.58. The molecule has 0 fully saturated rings. The number of nitrogens with one attached hydrogen (secondary N) is 2. The summed E-state index contributed by atoms with van der Waals surface area (Å²) in [6.45, 7) is 7.13. The highest BCUT2D eigenvalue weighted by atomic mass is 16.5. The van der Waals surface area contributed by atoms with Crippen LogP contribution in [0.15, 0.2) is 18.2 Å². The highest BCUT2D eigenvalue weighted by Crippen LogP contribution is 2.23. The zero-order valence-corrected chi connectivity index (χ0v) is 14.1. The van der Waals surface area contributed by atoms with Crippen LogP contribution in [-0.2, 0) is 4.79 Å². The Kier molecular flexibility index (Phi) is 8.11. The van der Waals surface area contributed by atoms with E-state index < -0.39 is 0 Å². The first kappa shape index (κ1) is 19.0. The van der Waals surface area contributed by atoms with Crippen molar-refractivity contribution in [1.82, 2.24) is 10.6 Å². The molecule has 0 heterocycles. The minimum absolute atomic E-state index is 0.0155. The molecule has 0 aliphatic rings. The summed E-state index contributed by atoms with van der Waals surface area (Å²) >= 11 is 0. The van der Waals surface area contributed by atoms with Crippen LogP contribution < -0.4 is 21.1 Å². The van der Waals surface area contributed by atoms with Crippen LogP contribution in [0.25, 0.3) is 0 Å². The van der Waals surface area contributed by atoms with Crippen LogP contribution in [0.4, 0.5) is 5.69 Å². The molecule has 128 valence electrons. The first-order valence-corrected chi connectivity index (χ1v) is 8.03. The maximum absolute atomic E-state index is 12.5. The van der Waals surface area contributed by atoms with E-state index in [1.807, 2.05) is 13.8 Å². The number of amides is 1. The van der Waals surface area contributed by atoms with Crippen molar-refractivity contribution in [2.75, 3.05) is 25.4 Å². The molecular weight excluding hydrogens is 294 g/mol.